The summed E-state index contributed by atoms with van der Waals surface area (Å²) >= 11 is 0. The molecule has 2 heterocycles. The van der Waals surface area contributed by atoms with Gasteiger partial charge in [-0.3, -0.25) is 14.4 Å². The van der Waals surface area contributed by atoms with Gasteiger partial charge in [-0.05, 0) is 24.3 Å². The van der Waals surface area contributed by atoms with E-state index in [0.717, 1.165) is 0 Å². The molecule has 0 atom stereocenters. The van der Waals surface area contributed by atoms with Crippen molar-refractivity contribution in [3.8, 4) is 5.75 Å². The first-order valence-electron chi connectivity index (χ1n) is 7.32. The van der Waals surface area contributed by atoms with Crippen molar-refractivity contribution in [2.75, 3.05) is 11.9 Å². The molecule has 8 heteroatoms. The number of nitrogens with zero attached hydrogens (tertiary/aromatic N) is 1. The number of hydrogen-bond donors (Lipinski definition) is 1. The van der Waals surface area contributed by atoms with Gasteiger partial charge in [-0.1, -0.05) is 23.3 Å². The SMILES string of the molecule is O=C1COc2c(cccc2C(=O)ON2C(=O)c3ccccc3C2=O)N1. The van der Waals surface area contributed by atoms with Gasteiger partial charge < -0.3 is 14.9 Å². The molecule has 0 saturated carbocycles. The highest BCUT2D eigenvalue weighted by molar-refractivity contribution is 6.21. The molecule has 0 fully saturated rings. The second-order valence-corrected chi connectivity index (χ2v) is 5.35. The maximum absolute atomic E-state index is 12.4. The molecule has 25 heavy (non-hydrogen) atoms. The Morgan fingerprint density at radius 1 is 1.00 bits per heavy atom. The summed E-state index contributed by atoms with van der Waals surface area (Å²) in [5.41, 5.74) is 0.639. The number of ether oxygens (including phenoxy) is 1. The second kappa shape index (κ2) is 5.45. The Hall–Kier alpha value is -3.68. The van der Waals surface area contributed by atoms with Crippen LogP contribution in [0.2, 0.25) is 0 Å². The van der Waals surface area contributed by atoms with Crippen molar-refractivity contribution in [1.82, 2.24) is 5.06 Å². The molecule has 0 aromatic heterocycles. The van der Waals surface area contributed by atoms with Gasteiger partial charge in [-0.25, -0.2) is 4.79 Å². The Balaban J connectivity index is 1.62. The molecule has 2 aliphatic rings. The molecule has 0 bridgehead atoms. The van der Waals surface area contributed by atoms with Crippen LogP contribution in [0, 0.1) is 0 Å². The fourth-order valence-corrected chi connectivity index (χ4v) is 2.66. The summed E-state index contributed by atoms with van der Waals surface area (Å²) in [6.45, 7) is -0.246. The predicted octanol–water partition coefficient (Wildman–Crippen LogP) is 1.39. The Morgan fingerprint density at radius 2 is 1.68 bits per heavy atom. The van der Waals surface area contributed by atoms with E-state index in [1.807, 2.05) is 0 Å². The van der Waals surface area contributed by atoms with Crippen LogP contribution in [-0.4, -0.2) is 35.4 Å². The molecule has 8 nitrogen and oxygen atoms in total. The first kappa shape index (κ1) is 14.9. The highest BCUT2D eigenvalue weighted by atomic mass is 16.7. The standard InChI is InChI=1S/C17H10N2O6/c20-13-8-24-14-11(6-3-7-12(14)18-13)17(23)25-19-15(21)9-4-1-2-5-10(9)16(19)22/h1-7H,8H2,(H,18,20). The van der Waals surface area contributed by atoms with Gasteiger partial charge in [0.05, 0.1) is 16.8 Å². The molecule has 0 radical (unpaired) electrons. The Kier molecular flexibility index (Phi) is 3.24. The lowest BCUT2D eigenvalue weighted by atomic mass is 10.1. The van der Waals surface area contributed by atoms with Crippen molar-refractivity contribution in [2.45, 2.75) is 0 Å². The minimum absolute atomic E-state index is 0.00550. The highest BCUT2D eigenvalue weighted by Gasteiger charge is 2.39. The zero-order chi connectivity index (χ0) is 17.6. The normalized spacial score (nSPS) is 15.2. The summed E-state index contributed by atoms with van der Waals surface area (Å²) in [7, 11) is 0. The summed E-state index contributed by atoms with van der Waals surface area (Å²) in [6.07, 6.45) is 0. The van der Waals surface area contributed by atoms with Crippen molar-refractivity contribution in [3.63, 3.8) is 0 Å². The van der Waals surface area contributed by atoms with Crippen LogP contribution in [0.25, 0.3) is 0 Å². The molecule has 2 aromatic carbocycles. The van der Waals surface area contributed by atoms with E-state index in [1.54, 1.807) is 18.2 Å². The lowest BCUT2D eigenvalue weighted by molar-refractivity contribution is -0.118. The molecule has 0 unspecified atom stereocenters. The van der Waals surface area contributed by atoms with Gasteiger partial charge in [-0.2, -0.15) is 0 Å². The van der Waals surface area contributed by atoms with Crippen LogP contribution in [0.1, 0.15) is 31.1 Å². The highest BCUT2D eigenvalue weighted by Crippen LogP contribution is 2.32. The van der Waals surface area contributed by atoms with Crippen LogP contribution in [0.3, 0.4) is 0 Å². The van der Waals surface area contributed by atoms with E-state index in [-0.39, 0.29) is 35.0 Å². The molecule has 4 rings (SSSR count). The molecule has 1 N–H and O–H groups in total. The lowest BCUT2D eigenvalue weighted by Crippen LogP contribution is -2.33. The Labute approximate surface area is 140 Å². The zero-order valence-electron chi connectivity index (χ0n) is 12.6. The number of carbonyl (C=O) groups is 4. The monoisotopic (exact) mass is 338 g/mol. The van der Waals surface area contributed by atoms with E-state index < -0.39 is 17.8 Å². The van der Waals surface area contributed by atoms with Gasteiger partial charge in [0.1, 0.15) is 5.56 Å². The van der Waals surface area contributed by atoms with Crippen molar-refractivity contribution in [1.29, 1.82) is 0 Å². The Bertz CT molecular complexity index is 917. The van der Waals surface area contributed by atoms with Crippen molar-refractivity contribution in [3.05, 3.63) is 59.2 Å². The van der Waals surface area contributed by atoms with Crippen LogP contribution in [0.4, 0.5) is 5.69 Å². The number of carbonyl (C=O) groups excluding carboxylic acids is 4. The van der Waals surface area contributed by atoms with E-state index in [9.17, 15) is 19.2 Å². The number of hydrogen-bond acceptors (Lipinski definition) is 6. The number of amides is 3. The number of fused-ring (bicyclic) bond motifs is 2. The van der Waals surface area contributed by atoms with Crippen LogP contribution < -0.4 is 10.1 Å². The van der Waals surface area contributed by atoms with Gasteiger partial charge in [0, 0.05) is 0 Å². The van der Waals surface area contributed by atoms with E-state index >= 15 is 0 Å². The number of hydroxylamine groups is 2. The van der Waals surface area contributed by atoms with Crippen LogP contribution >= 0.6 is 0 Å². The number of imide groups is 1. The predicted molar refractivity (Wildman–Crippen MR) is 82.9 cm³/mol. The minimum atomic E-state index is -0.942. The summed E-state index contributed by atoms with van der Waals surface area (Å²) in [5.74, 6) is -2.59. The van der Waals surface area contributed by atoms with Crippen LogP contribution in [0.15, 0.2) is 42.5 Å². The van der Waals surface area contributed by atoms with Gasteiger partial charge >= 0.3 is 5.97 Å². The van der Waals surface area contributed by atoms with E-state index in [2.05, 4.69) is 5.32 Å². The molecule has 124 valence electrons. The summed E-state index contributed by atoms with van der Waals surface area (Å²) in [4.78, 5) is 53.3. The van der Waals surface area contributed by atoms with Gasteiger partial charge in [0.25, 0.3) is 17.7 Å². The van der Waals surface area contributed by atoms with E-state index in [0.29, 0.717) is 10.8 Å². The van der Waals surface area contributed by atoms with Crippen molar-refractivity contribution in [2.24, 2.45) is 0 Å². The third-order valence-electron chi connectivity index (χ3n) is 3.79. The fourth-order valence-electron chi connectivity index (χ4n) is 2.66. The number of anilines is 1. The topological polar surface area (TPSA) is 102 Å². The summed E-state index contributed by atoms with van der Waals surface area (Å²) in [6, 6.07) is 10.7. The zero-order valence-corrected chi connectivity index (χ0v) is 12.6. The van der Waals surface area contributed by atoms with Gasteiger partial charge in [0.15, 0.2) is 12.4 Å². The van der Waals surface area contributed by atoms with Crippen LogP contribution in [-0.2, 0) is 9.63 Å². The molecule has 0 spiro atoms. The number of benzene rings is 2. The van der Waals surface area contributed by atoms with Crippen LogP contribution in [0.5, 0.6) is 5.75 Å². The van der Waals surface area contributed by atoms with Crippen molar-refractivity contribution >= 4 is 29.4 Å². The van der Waals surface area contributed by atoms with Crippen molar-refractivity contribution < 1.29 is 28.8 Å². The first-order valence-corrected chi connectivity index (χ1v) is 7.32. The third kappa shape index (κ3) is 2.31. The summed E-state index contributed by atoms with van der Waals surface area (Å²) in [5, 5.41) is 2.99. The largest absolute Gasteiger partial charge is 0.481 e. The molecule has 2 aliphatic heterocycles. The molecule has 0 saturated heterocycles. The maximum Gasteiger partial charge on any atom is 0.367 e. The molecule has 0 aliphatic carbocycles. The molecule has 2 aromatic rings. The maximum atomic E-state index is 12.4. The summed E-state index contributed by atoms with van der Waals surface area (Å²) < 4.78 is 5.27. The fraction of sp³-hybridized carbons (Fsp3) is 0.0588. The van der Waals surface area contributed by atoms with E-state index in [4.69, 9.17) is 9.57 Å². The number of rotatable bonds is 2. The molecular formula is C17H10N2O6. The number of para-hydroxylation sites is 1. The van der Waals surface area contributed by atoms with E-state index in [1.165, 1.54) is 24.3 Å². The number of nitrogens with one attached hydrogen (secondary N) is 1. The third-order valence-corrected chi connectivity index (χ3v) is 3.79. The average molecular weight is 338 g/mol. The average Bonchev–Trinajstić information content (AvgIpc) is 2.86. The second-order valence-electron chi connectivity index (χ2n) is 5.35. The minimum Gasteiger partial charge on any atom is -0.481 e. The lowest BCUT2D eigenvalue weighted by Gasteiger charge is -2.20. The quantitative estimate of drug-likeness (QED) is 0.830. The molecule has 3 amide bonds. The van der Waals surface area contributed by atoms with Gasteiger partial charge in [-0.15, -0.1) is 0 Å². The van der Waals surface area contributed by atoms with Gasteiger partial charge in [0.2, 0.25) is 0 Å². The Morgan fingerprint density at radius 3 is 2.36 bits per heavy atom. The molecular weight excluding hydrogens is 328 g/mol. The smallest absolute Gasteiger partial charge is 0.367 e. The first-order chi connectivity index (χ1) is 12.1.